The highest BCUT2D eigenvalue weighted by atomic mass is 19.4. The lowest BCUT2D eigenvalue weighted by Gasteiger charge is -2.15. The standard InChI is InChI=1S/C19H24F3N3O3/c1-4-10-27-15-9-8-13(19(20,21)22)11-14(15)23-16(26)6-5-7-17-24-18(12(2)3)25-28-17/h8-9,11-12H,4-7,10H2,1-3H3,(H,23,26). The van der Waals surface area contributed by atoms with Crippen LogP contribution in [-0.2, 0) is 17.4 Å². The molecule has 0 atom stereocenters. The molecule has 28 heavy (non-hydrogen) atoms. The molecule has 0 spiro atoms. The maximum atomic E-state index is 13.0. The molecule has 1 N–H and O–H groups in total. The Morgan fingerprint density at radius 3 is 2.68 bits per heavy atom. The largest absolute Gasteiger partial charge is 0.491 e. The molecule has 0 aliphatic rings. The van der Waals surface area contributed by atoms with Crippen LogP contribution in [0.25, 0.3) is 0 Å². The summed E-state index contributed by atoms with van der Waals surface area (Å²) in [5.74, 6) is 0.970. The second kappa shape index (κ2) is 9.57. The van der Waals surface area contributed by atoms with Crippen molar-refractivity contribution in [3.05, 3.63) is 35.5 Å². The van der Waals surface area contributed by atoms with Crippen LogP contribution in [0.2, 0.25) is 0 Å². The van der Waals surface area contributed by atoms with Crippen molar-refractivity contribution in [2.45, 2.75) is 58.5 Å². The molecule has 0 aliphatic carbocycles. The Bertz CT molecular complexity index is 788. The molecule has 1 aromatic heterocycles. The van der Waals surface area contributed by atoms with E-state index in [1.54, 1.807) is 0 Å². The number of amides is 1. The van der Waals surface area contributed by atoms with Gasteiger partial charge < -0.3 is 14.6 Å². The number of carbonyl (C=O) groups is 1. The maximum Gasteiger partial charge on any atom is 0.416 e. The van der Waals surface area contributed by atoms with Gasteiger partial charge in [0.1, 0.15) is 5.75 Å². The van der Waals surface area contributed by atoms with E-state index >= 15 is 0 Å². The van der Waals surface area contributed by atoms with Gasteiger partial charge in [0.2, 0.25) is 11.8 Å². The number of benzene rings is 1. The summed E-state index contributed by atoms with van der Waals surface area (Å²) < 4.78 is 49.4. The third-order valence-corrected chi connectivity index (χ3v) is 3.84. The number of anilines is 1. The summed E-state index contributed by atoms with van der Waals surface area (Å²) in [4.78, 5) is 16.4. The highest BCUT2D eigenvalue weighted by Gasteiger charge is 2.31. The molecule has 0 aliphatic heterocycles. The molecule has 0 fully saturated rings. The number of ether oxygens (including phenoxy) is 1. The van der Waals surface area contributed by atoms with Gasteiger partial charge in [-0.05, 0) is 31.0 Å². The smallest absolute Gasteiger partial charge is 0.416 e. The molecule has 0 unspecified atom stereocenters. The second-order valence-electron chi connectivity index (χ2n) is 6.66. The number of halogens is 3. The van der Waals surface area contributed by atoms with Crippen molar-refractivity contribution in [2.75, 3.05) is 11.9 Å². The fourth-order valence-electron chi connectivity index (χ4n) is 2.36. The Labute approximate surface area is 161 Å². The van der Waals surface area contributed by atoms with Crippen molar-refractivity contribution in [2.24, 2.45) is 0 Å². The normalized spacial score (nSPS) is 11.7. The van der Waals surface area contributed by atoms with Crippen molar-refractivity contribution in [1.29, 1.82) is 0 Å². The van der Waals surface area contributed by atoms with Crippen LogP contribution in [0.15, 0.2) is 22.7 Å². The number of nitrogens with one attached hydrogen (secondary N) is 1. The second-order valence-corrected chi connectivity index (χ2v) is 6.66. The lowest BCUT2D eigenvalue weighted by atomic mass is 10.1. The number of carbonyl (C=O) groups excluding carboxylic acids is 1. The van der Waals surface area contributed by atoms with Gasteiger partial charge in [-0.25, -0.2) is 0 Å². The quantitative estimate of drug-likeness (QED) is 0.645. The summed E-state index contributed by atoms with van der Waals surface area (Å²) in [5, 5.41) is 6.36. The Balaban J connectivity index is 1.98. The van der Waals surface area contributed by atoms with Gasteiger partial charge in [-0.15, -0.1) is 0 Å². The number of hydrogen-bond acceptors (Lipinski definition) is 5. The van der Waals surface area contributed by atoms with Crippen LogP contribution in [0.1, 0.15) is 63.2 Å². The SMILES string of the molecule is CCCOc1ccc(C(F)(F)F)cc1NC(=O)CCCc1nc(C(C)C)no1. The van der Waals surface area contributed by atoms with E-state index in [9.17, 15) is 18.0 Å². The summed E-state index contributed by atoms with van der Waals surface area (Å²) in [6.45, 7) is 6.10. The lowest BCUT2D eigenvalue weighted by molar-refractivity contribution is -0.137. The number of aryl methyl sites for hydroxylation is 1. The molecular weight excluding hydrogens is 375 g/mol. The van der Waals surface area contributed by atoms with Crippen LogP contribution in [0.3, 0.4) is 0 Å². The molecule has 9 heteroatoms. The first-order valence-electron chi connectivity index (χ1n) is 9.17. The van der Waals surface area contributed by atoms with Crippen molar-refractivity contribution in [3.8, 4) is 5.75 Å². The van der Waals surface area contributed by atoms with E-state index in [2.05, 4.69) is 15.5 Å². The Hall–Kier alpha value is -2.58. The molecular formula is C19H24F3N3O3. The Morgan fingerprint density at radius 1 is 1.32 bits per heavy atom. The average molecular weight is 399 g/mol. The van der Waals surface area contributed by atoms with Crippen molar-refractivity contribution >= 4 is 11.6 Å². The van der Waals surface area contributed by atoms with Gasteiger partial charge in [-0.2, -0.15) is 18.2 Å². The Morgan fingerprint density at radius 2 is 2.07 bits per heavy atom. The number of nitrogens with zero attached hydrogens (tertiary/aromatic N) is 2. The highest BCUT2D eigenvalue weighted by molar-refractivity contribution is 5.92. The van der Waals surface area contributed by atoms with Crippen molar-refractivity contribution in [3.63, 3.8) is 0 Å². The summed E-state index contributed by atoms with van der Waals surface area (Å²) >= 11 is 0. The third-order valence-electron chi connectivity index (χ3n) is 3.84. The zero-order valence-electron chi connectivity index (χ0n) is 16.1. The van der Waals surface area contributed by atoms with Gasteiger partial charge in [0.15, 0.2) is 5.82 Å². The number of rotatable bonds is 9. The minimum absolute atomic E-state index is 0.00755. The van der Waals surface area contributed by atoms with Crippen LogP contribution in [0.4, 0.5) is 18.9 Å². The summed E-state index contributed by atoms with van der Waals surface area (Å²) in [7, 11) is 0. The monoisotopic (exact) mass is 399 g/mol. The minimum Gasteiger partial charge on any atom is -0.491 e. The van der Waals surface area contributed by atoms with Crippen molar-refractivity contribution in [1.82, 2.24) is 10.1 Å². The molecule has 154 valence electrons. The van der Waals surface area contributed by atoms with Gasteiger partial charge in [0, 0.05) is 18.8 Å². The molecule has 6 nitrogen and oxygen atoms in total. The maximum absolute atomic E-state index is 13.0. The van der Waals surface area contributed by atoms with Gasteiger partial charge in [-0.3, -0.25) is 4.79 Å². The molecule has 0 saturated carbocycles. The molecule has 0 bridgehead atoms. The van der Waals surface area contributed by atoms with E-state index in [0.717, 1.165) is 12.1 Å². The van der Waals surface area contributed by atoms with E-state index in [0.29, 0.717) is 37.6 Å². The number of alkyl halides is 3. The summed E-state index contributed by atoms with van der Waals surface area (Å²) in [6, 6.07) is 3.04. The van der Waals surface area contributed by atoms with Crippen LogP contribution in [-0.4, -0.2) is 22.7 Å². The fourth-order valence-corrected chi connectivity index (χ4v) is 2.36. The summed E-state index contributed by atoms with van der Waals surface area (Å²) in [6.07, 6.45) is -2.88. The van der Waals surface area contributed by atoms with Gasteiger partial charge in [-0.1, -0.05) is 25.9 Å². The third kappa shape index (κ3) is 6.24. The van der Waals surface area contributed by atoms with Crippen LogP contribution >= 0.6 is 0 Å². The first-order valence-corrected chi connectivity index (χ1v) is 9.17. The zero-order chi connectivity index (χ0) is 20.7. The number of aromatic nitrogens is 2. The van der Waals surface area contributed by atoms with E-state index < -0.39 is 17.6 Å². The predicted molar refractivity (Wildman–Crippen MR) is 97.2 cm³/mol. The number of hydrogen-bond donors (Lipinski definition) is 1. The lowest BCUT2D eigenvalue weighted by Crippen LogP contribution is -2.14. The Kier molecular flexibility index (Phi) is 7.42. The van der Waals surface area contributed by atoms with Crippen LogP contribution in [0, 0.1) is 0 Å². The van der Waals surface area contributed by atoms with Crippen molar-refractivity contribution < 1.29 is 27.2 Å². The van der Waals surface area contributed by atoms with E-state index in [1.165, 1.54) is 6.07 Å². The molecule has 2 rings (SSSR count). The highest BCUT2D eigenvalue weighted by Crippen LogP contribution is 2.35. The van der Waals surface area contributed by atoms with E-state index in [1.807, 2.05) is 20.8 Å². The zero-order valence-corrected chi connectivity index (χ0v) is 16.1. The molecule has 0 saturated heterocycles. The minimum atomic E-state index is -4.51. The molecule has 0 radical (unpaired) electrons. The first-order chi connectivity index (χ1) is 13.2. The topological polar surface area (TPSA) is 77.2 Å². The molecule has 1 heterocycles. The molecule has 2 aromatic rings. The van der Waals surface area contributed by atoms with Crippen LogP contribution in [0.5, 0.6) is 5.75 Å². The first kappa shape index (κ1) is 21.7. The van der Waals surface area contributed by atoms with Gasteiger partial charge in [0.25, 0.3) is 0 Å². The molecule has 1 aromatic carbocycles. The predicted octanol–water partition coefficient (Wildman–Crippen LogP) is 4.96. The average Bonchev–Trinajstić information content (AvgIpc) is 3.09. The van der Waals surface area contributed by atoms with Gasteiger partial charge >= 0.3 is 6.18 Å². The van der Waals surface area contributed by atoms with E-state index in [-0.39, 0.29) is 23.8 Å². The van der Waals surface area contributed by atoms with Gasteiger partial charge in [0.05, 0.1) is 17.9 Å². The fraction of sp³-hybridized carbons (Fsp3) is 0.526. The van der Waals surface area contributed by atoms with E-state index in [4.69, 9.17) is 9.26 Å². The molecule has 1 amide bonds. The van der Waals surface area contributed by atoms with Crippen LogP contribution < -0.4 is 10.1 Å². The summed E-state index contributed by atoms with van der Waals surface area (Å²) in [5.41, 5.74) is -0.841.